The Morgan fingerprint density at radius 2 is 2.06 bits per heavy atom. The van der Waals surface area contributed by atoms with Crippen LogP contribution in [0.2, 0.25) is 0 Å². The lowest BCUT2D eigenvalue weighted by molar-refractivity contribution is 0.202. The number of urea groups is 1. The molecule has 1 saturated heterocycles. The summed E-state index contributed by atoms with van der Waals surface area (Å²) in [6.07, 6.45) is 2.12. The van der Waals surface area contributed by atoms with Crippen molar-refractivity contribution in [2.75, 3.05) is 0 Å². The molecule has 2 aliphatic rings. The molecule has 2 fully saturated rings. The van der Waals surface area contributed by atoms with E-state index in [0.717, 1.165) is 24.0 Å². The summed E-state index contributed by atoms with van der Waals surface area (Å²) in [7, 11) is 0. The number of carbonyl (C=O) groups is 1. The third-order valence-electron chi connectivity index (χ3n) is 3.70. The van der Waals surface area contributed by atoms with Crippen molar-refractivity contribution in [3.05, 3.63) is 34.9 Å². The van der Waals surface area contributed by atoms with Crippen molar-refractivity contribution >= 4 is 11.9 Å². The third kappa shape index (κ3) is 1.68. The topological polar surface area (TPSA) is 56.2 Å². The number of nitrogens with one attached hydrogen (secondary N) is 2. The highest BCUT2D eigenvalue weighted by Crippen LogP contribution is 2.38. The largest absolute Gasteiger partial charge is 0.323 e. The molecule has 1 saturated carbocycles. The Morgan fingerprint density at radius 1 is 1.33 bits per heavy atom. The second-order valence-electron chi connectivity index (χ2n) is 5.24. The summed E-state index contributed by atoms with van der Waals surface area (Å²) in [6.45, 7) is 4.08. The van der Waals surface area contributed by atoms with Gasteiger partial charge in [-0.25, -0.2) is 4.79 Å². The number of amides is 2. The van der Waals surface area contributed by atoms with Crippen LogP contribution in [0.4, 0.5) is 4.79 Å². The van der Waals surface area contributed by atoms with Gasteiger partial charge in [0.05, 0.1) is 0 Å². The summed E-state index contributed by atoms with van der Waals surface area (Å²) in [5, 5.41) is 10.7. The Hall–Kier alpha value is -1.84. The van der Waals surface area contributed by atoms with Crippen molar-refractivity contribution in [2.45, 2.75) is 38.8 Å². The van der Waals surface area contributed by atoms with Crippen molar-refractivity contribution in [3.63, 3.8) is 0 Å². The molecular weight excluding hydrogens is 226 g/mol. The van der Waals surface area contributed by atoms with E-state index in [0.29, 0.717) is 11.9 Å². The Balaban J connectivity index is 2.05. The van der Waals surface area contributed by atoms with Crippen molar-refractivity contribution < 1.29 is 4.79 Å². The number of aryl methyl sites for hydroxylation is 2. The fraction of sp³-hybridized carbons (Fsp3) is 0.429. The molecule has 1 aromatic carbocycles. The average Bonchev–Trinajstić information content (AvgIpc) is 3.09. The highest BCUT2D eigenvalue weighted by Gasteiger charge is 2.45. The predicted molar refractivity (Wildman–Crippen MR) is 69.8 cm³/mol. The van der Waals surface area contributed by atoms with Crippen LogP contribution < -0.4 is 5.32 Å². The fourth-order valence-corrected chi connectivity index (χ4v) is 2.59. The van der Waals surface area contributed by atoms with E-state index in [1.54, 1.807) is 0 Å². The van der Waals surface area contributed by atoms with E-state index >= 15 is 0 Å². The number of amidine groups is 1. The summed E-state index contributed by atoms with van der Waals surface area (Å²) < 4.78 is 0. The van der Waals surface area contributed by atoms with E-state index in [4.69, 9.17) is 5.41 Å². The predicted octanol–water partition coefficient (Wildman–Crippen LogP) is 2.51. The summed E-state index contributed by atoms with van der Waals surface area (Å²) in [6, 6.07) is 6.19. The second kappa shape index (κ2) is 3.83. The van der Waals surface area contributed by atoms with E-state index in [2.05, 4.69) is 23.5 Å². The maximum absolute atomic E-state index is 11.9. The quantitative estimate of drug-likeness (QED) is 0.823. The Labute approximate surface area is 106 Å². The van der Waals surface area contributed by atoms with Crippen LogP contribution in [0.3, 0.4) is 0 Å². The maximum atomic E-state index is 11.9. The average molecular weight is 243 g/mol. The maximum Gasteiger partial charge on any atom is 0.323 e. The molecule has 2 amide bonds. The molecule has 18 heavy (non-hydrogen) atoms. The van der Waals surface area contributed by atoms with Crippen LogP contribution in [0.15, 0.2) is 18.2 Å². The minimum atomic E-state index is -0.218. The lowest BCUT2D eigenvalue weighted by Crippen LogP contribution is -2.32. The molecule has 0 aromatic heterocycles. The molecule has 1 atom stereocenters. The van der Waals surface area contributed by atoms with Gasteiger partial charge < -0.3 is 4.90 Å². The van der Waals surface area contributed by atoms with E-state index in [9.17, 15) is 4.79 Å². The van der Waals surface area contributed by atoms with Gasteiger partial charge in [-0.2, -0.15) is 0 Å². The first-order valence-corrected chi connectivity index (χ1v) is 6.33. The Morgan fingerprint density at radius 3 is 2.72 bits per heavy atom. The van der Waals surface area contributed by atoms with Crippen LogP contribution in [0.5, 0.6) is 0 Å². The van der Waals surface area contributed by atoms with Crippen molar-refractivity contribution in [1.82, 2.24) is 10.2 Å². The molecule has 0 spiro atoms. The van der Waals surface area contributed by atoms with Gasteiger partial charge in [0.15, 0.2) is 0 Å². The van der Waals surface area contributed by atoms with Crippen molar-refractivity contribution in [1.29, 1.82) is 5.41 Å². The lowest BCUT2D eigenvalue weighted by atomic mass is 9.98. The van der Waals surface area contributed by atoms with Gasteiger partial charge in [0.2, 0.25) is 0 Å². The summed E-state index contributed by atoms with van der Waals surface area (Å²) in [4.78, 5) is 13.8. The van der Waals surface area contributed by atoms with Gasteiger partial charge in [0, 0.05) is 6.04 Å². The fourth-order valence-electron chi connectivity index (χ4n) is 2.59. The van der Waals surface area contributed by atoms with Crippen molar-refractivity contribution in [3.8, 4) is 0 Å². The van der Waals surface area contributed by atoms with Gasteiger partial charge in [0.1, 0.15) is 11.9 Å². The van der Waals surface area contributed by atoms with Gasteiger partial charge in [-0.15, -0.1) is 0 Å². The van der Waals surface area contributed by atoms with Gasteiger partial charge in [-0.3, -0.25) is 10.7 Å². The summed E-state index contributed by atoms with van der Waals surface area (Å²) >= 11 is 0. The Kier molecular flexibility index (Phi) is 2.40. The number of carbonyl (C=O) groups excluding carboxylic acids is 1. The molecular formula is C14H17N3O. The van der Waals surface area contributed by atoms with Crippen LogP contribution >= 0.6 is 0 Å². The van der Waals surface area contributed by atoms with Crippen LogP contribution in [0.25, 0.3) is 0 Å². The minimum Gasteiger partial charge on any atom is -0.307 e. The normalized spacial score (nSPS) is 23.4. The minimum absolute atomic E-state index is 0.117. The van der Waals surface area contributed by atoms with Gasteiger partial charge >= 0.3 is 6.03 Å². The molecule has 1 aromatic rings. The number of hydrogen-bond acceptors (Lipinski definition) is 2. The standard InChI is InChI=1S/C14H17N3O/c1-8-3-4-9(2)11(7-8)12-13(15)16-14(18)17(12)10-5-6-10/h3-4,7,10,12H,5-6H2,1-2H3,(H2,15,16,18). The van der Waals surface area contributed by atoms with Crippen LogP contribution in [0, 0.1) is 19.3 Å². The molecule has 4 heteroatoms. The lowest BCUT2D eigenvalue weighted by Gasteiger charge is -2.24. The van der Waals surface area contributed by atoms with E-state index in [-0.39, 0.29) is 12.1 Å². The molecule has 3 rings (SSSR count). The zero-order chi connectivity index (χ0) is 12.9. The first kappa shape index (κ1) is 11.3. The zero-order valence-corrected chi connectivity index (χ0v) is 10.7. The molecule has 2 N–H and O–H groups in total. The SMILES string of the molecule is Cc1ccc(C)c(C2C(=N)NC(=O)N2C2CC2)c1. The van der Waals surface area contributed by atoms with E-state index in [1.165, 1.54) is 5.56 Å². The van der Waals surface area contributed by atoms with Gasteiger partial charge in [0.25, 0.3) is 0 Å². The van der Waals surface area contributed by atoms with Gasteiger partial charge in [-0.1, -0.05) is 23.8 Å². The monoisotopic (exact) mass is 243 g/mol. The molecule has 1 aliphatic carbocycles. The van der Waals surface area contributed by atoms with Crippen LogP contribution in [-0.4, -0.2) is 22.8 Å². The molecule has 1 unspecified atom stereocenters. The number of rotatable bonds is 2. The molecule has 0 radical (unpaired) electrons. The third-order valence-corrected chi connectivity index (χ3v) is 3.70. The number of benzene rings is 1. The zero-order valence-electron chi connectivity index (χ0n) is 10.7. The summed E-state index contributed by atoms with van der Waals surface area (Å²) in [5.74, 6) is 0.306. The highest BCUT2D eigenvalue weighted by atomic mass is 16.2. The summed E-state index contributed by atoms with van der Waals surface area (Å²) in [5.41, 5.74) is 3.38. The van der Waals surface area contributed by atoms with E-state index in [1.807, 2.05) is 18.7 Å². The Bertz CT molecular complexity index is 534. The number of nitrogens with zero attached hydrogens (tertiary/aromatic N) is 1. The molecule has 94 valence electrons. The number of hydrogen-bond donors (Lipinski definition) is 2. The van der Waals surface area contributed by atoms with Crippen LogP contribution in [-0.2, 0) is 0 Å². The smallest absolute Gasteiger partial charge is 0.307 e. The van der Waals surface area contributed by atoms with Crippen LogP contribution in [0.1, 0.15) is 35.6 Å². The highest BCUT2D eigenvalue weighted by molar-refractivity contribution is 6.06. The molecule has 1 aliphatic heterocycles. The van der Waals surface area contributed by atoms with Crippen molar-refractivity contribution in [2.24, 2.45) is 0 Å². The molecule has 4 nitrogen and oxygen atoms in total. The first-order valence-electron chi connectivity index (χ1n) is 6.33. The van der Waals surface area contributed by atoms with E-state index < -0.39 is 0 Å². The molecule has 1 heterocycles. The van der Waals surface area contributed by atoms with Gasteiger partial charge in [-0.05, 0) is 37.8 Å². The molecule has 0 bridgehead atoms. The first-order chi connectivity index (χ1) is 8.58. The second-order valence-corrected chi connectivity index (χ2v) is 5.24.